The van der Waals surface area contributed by atoms with Crippen molar-refractivity contribution >= 4 is 27.8 Å². The number of ether oxygens (including phenoxy) is 1. The molecule has 1 aromatic carbocycles. The van der Waals surface area contributed by atoms with Crippen molar-refractivity contribution in [3.63, 3.8) is 0 Å². The molecule has 0 bridgehead atoms. The van der Waals surface area contributed by atoms with Crippen LogP contribution in [0.1, 0.15) is 26.3 Å². The fourth-order valence-electron chi connectivity index (χ4n) is 1.25. The van der Waals surface area contributed by atoms with Gasteiger partial charge in [0.15, 0.2) is 0 Å². The van der Waals surface area contributed by atoms with Crippen LogP contribution in [0.2, 0.25) is 0 Å². The molecule has 0 aromatic heterocycles. The highest BCUT2D eigenvalue weighted by Crippen LogP contribution is 2.15. The molecule has 0 spiro atoms. The van der Waals surface area contributed by atoms with E-state index in [1.807, 2.05) is 0 Å². The molecule has 6 heteroatoms. The van der Waals surface area contributed by atoms with Gasteiger partial charge >= 0.3 is 11.9 Å². The van der Waals surface area contributed by atoms with Crippen molar-refractivity contribution in [2.24, 2.45) is 0 Å². The zero-order valence-corrected chi connectivity index (χ0v) is 12.5. The molecule has 0 saturated carbocycles. The first-order chi connectivity index (χ1) is 8.69. The second-order valence-corrected chi connectivity index (χ2v) is 5.84. The minimum atomic E-state index is -0.983. The van der Waals surface area contributed by atoms with Gasteiger partial charge < -0.3 is 10.1 Å². The van der Waals surface area contributed by atoms with Gasteiger partial charge in [0.05, 0.1) is 0 Å². The van der Waals surface area contributed by atoms with Crippen LogP contribution < -0.4 is 5.32 Å². The molecule has 1 rings (SSSR count). The summed E-state index contributed by atoms with van der Waals surface area (Å²) in [6.45, 7) is 4.90. The number of amides is 1. The Morgan fingerprint density at radius 3 is 2.58 bits per heavy atom. The lowest BCUT2D eigenvalue weighted by Gasteiger charge is -2.18. The van der Waals surface area contributed by atoms with E-state index in [0.717, 1.165) is 0 Å². The highest BCUT2D eigenvalue weighted by molar-refractivity contribution is 9.10. The summed E-state index contributed by atoms with van der Waals surface area (Å²) < 4.78 is 19.0. The number of carbonyl (C=O) groups is 2. The molecule has 1 aromatic rings. The van der Waals surface area contributed by atoms with Crippen LogP contribution in [-0.2, 0) is 20.9 Å². The smallest absolute Gasteiger partial charge is 0.397 e. The van der Waals surface area contributed by atoms with Gasteiger partial charge in [0.2, 0.25) is 0 Å². The first kappa shape index (κ1) is 15.6. The summed E-state index contributed by atoms with van der Waals surface area (Å²) in [6.07, 6.45) is 0. The molecule has 0 unspecified atom stereocenters. The standard InChI is InChI=1S/C13H15BrFNO3/c1-13(2,3)19-12(18)11(17)16-7-8-6-9(14)4-5-10(8)15/h4-6H,7H2,1-3H3,(H,16,17). The number of esters is 1. The minimum absolute atomic E-state index is 0.0800. The molecule has 4 nitrogen and oxygen atoms in total. The average molecular weight is 332 g/mol. The average Bonchev–Trinajstić information content (AvgIpc) is 2.27. The summed E-state index contributed by atoms with van der Waals surface area (Å²) in [5.74, 6) is -2.33. The van der Waals surface area contributed by atoms with Crippen LogP contribution >= 0.6 is 15.9 Å². The highest BCUT2D eigenvalue weighted by Gasteiger charge is 2.22. The molecule has 0 aliphatic rings. The quantitative estimate of drug-likeness (QED) is 0.669. The second kappa shape index (κ2) is 6.14. The SMILES string of the molecule is CC(C)(C)OC(=O)C(=O)NCc1cc(Br)ccc1F. The summed E-state index contributed by atoms with van der Waals surface area (Å²) in [4.78, 5) is 22.9. The van der Waals surface area contributed by atoms with Crippen LogP contribution in [-0.4, -0.2) is 17.5 Å². The van der Waals surface area contributed by atoms with Crippen molar-refractivity contribution in [1.29, 1.82) is 0 Å². The van der Waals surface area contributed by atoms with Crippen LogP contribution in [0.5, 0.6) is 0 Å². The molecular formula is C13H15BrFNO3. The number of halogens is 2. The summed E-state index contributed by atoms with van der Waals surface area (Å²) >= 11 is 3.20. The zero-order valence-electron chi connectivity index (χ0n) is 10.9. The van der Waals surface area contributed by atoms with Crippen molar-refractivity contribution < 1.29 is 18.7 Å². The van der Waals surface area contributed by atoms with Crippen molar-refractivity contribution in [2.75, 3.05) is 0 Å². The number of nitrogens with one attached hydrogen (secondary N) is 1. The predicted octanol–water partition coefficient (Wildman–Crippen LogP) is 2.55. The molecular weight excluding hydrogens is 317 g/mol. The van der Waals surface area contributed by atoms with Gasteiger partial charge in [-0.3, -0.25) is 4.79 Å². The van der Waals surface area contributed by atoms with Crippen LogP contribution in [0.3, 0.4) is 0 Å². The maximum atomic E-state index is 13.4. The second-order valence-electron chi connectivity index (χ2n) is 4.92. The van der Waals surface area contributed by atoms with E-state index in [-0.39, 0.29) is 12.1 Å². The van der Waals surface area contributed by atoms with E-state index in [1.165, 1.54) is 12.1 Å². The van der Waals surface area contributed by atoms with Gasteiger partial charge in [0.1, 0.15) is 11.4 Å². The molecule has 1 amide bonds. The number of benzene rings is 1. The molecule has 0 aliphatic carbocycles. The molecule has 0 saturated heterocycles. The van der Waals surface area contributed by atoms with Gasteiger partial charge in [-0.05, 0) is 39.0 Å². The van der Waals surface area contributed by atoms with Crippen molar-refractivity contribution in [3.8, 4) is 0 Å². The Kier molecular flexibility index (Phi) is 5.05. The highest BCUT2D eigenvalue weighted by atomic mass is 79.9. The Labute approximate surface area is 119 Å². The van der Waals surface area contributed by atoms with Crippen molar-refractivity contribution in [1.82, 2.24) is 5.32 Å². The van der Waals surface area contributed by atoms with Crippen LogP contribution in [0.15, 0.2) is 22.7 Å². The molecule has 0 atom stereocenters. The Morgan fingerprint density at radius 1 is 1.37 bits per heavy atom. The molecule has 0 fully saturated rings. The topological polar surface area (TPSA) is 55.4 Å². The van der Waals surface area contributed by atoms with Gasteiger partial charge in [-0.1, -0.05) is 15.9 Å². The number of hydrogen-bond donors (Lipinski definition) is 1. The lowest BCUT2D eigenvalue weighted by molar-refractivity contribution is -0.163. The van der Waals surface area contributed by atoms with E-state index in [4.69, 9.17) is 4.74 Å². The molecule has 0 heterocycles. The van der Waals surface area contributed by atoms with Crippen LogP contribution in [0.4, 0.5) is 4.39 Å². The predicted molar refractivity (Wildman–Crippen MR) is 71.8 cm³/mol. The molecule has 1 N–H and O–H groups in total. The lowest BCUT2D eigenvalue weighted by atomic mass is 10.2. The third-order valence-electron chi connectivity index (χ3n) is 2.03. The number of hydrogen-bond acceptors (Lipinski definition) is 3. The Bertz CT molecular complexity index is 497. The molecule has 19 heavy (non-hydrogen) atoms. The van der Waals surface area contributed by atoms with Crippen molar-refractivity contribution in [3.05, 3.63) is 34.1 Å². The summed E-state index contributed by atoms with van der Waals surface area (Å²) in [5.41, 5.74) is -0.457. The van der Waals surface area contributed by atoms with Gasteiger partial charge in [0.25, 0.3) is 0 Å². The van der Waals surface area contributed by atoms with E-state index in [1.54, 1.807) is 26.8 Å². The molecule has 104 valence electrons. The summed E-state index contributed by atoms with van der Waals surface area (Å²) in [5, 5.41) is 2.32. The lowest BCUT2D eigenvalue weighted by Crippen LogP contribution is -2.36. The van der Waals surface area contributed by atoms with Crippen molar-refractivity contribution in [2.45, 2.75) is 32.9 Å². The van der Waals surface area contributed by atoms with Gasteiger partial charge in [-0.2, -0.15) is 0 Å². The summed E-state index contributed by atoms with van der Waals surface area (Å²) in [7, 11) is 0. The van der Waals surface area contributed by atoms with E-state index < -0.39 is 23.3 Å². The first-order valence-electron chi connectivity index (χ1n) is 5.64. The fraction of sp³-hybridized carbons (Fsp3) is 0.385. The van der Waals surface area contributed by atoms with E-state index in [0.29, 0.717) is 4.47 Å². The Morgan fingerprint density at radius 2 is 2.00 bits per heavy atom. The molecule has 0 radical (unpaired) electrons. The third kappa shape index (κ3) is 5.38. The van der Waals surface area contributed by atoms with Crippen LogP contribution in [0.25, 0.3) is 0 Å². The van der Waals surface area contributed by atoms with Gasteiger partial charge in [0, 0.05) is 16.6 Å². The fourth-order valence-corrected chi connectivity index (χ4v) is 1.66. The Hall–Kier alpha value is -1.43. The number of rotatable bonds is 2. The minimum Gasteiger partial charge on any atom is -0.453 e. The number of carbonyl (C=O) groups excluding carboxylic acids is 2. The summed E-state index contributed by atoms with van der Waals surface area (Å²) in [6, 6.07) is 4.36. The maximum absolute atomic E-state index is 13.4. The van der Waals surface area contributed by atoms with Gasteiger partial charge in [-0.25, -0.2) is 9.18 Å². The van der Waals surface area contributed by atoms with Crippen LogP contribution in [0, 0.1) is 5.82 Å². The molecule has 0 aliphatic heterocycles. The monoisotopic (exact) mass is 331 g/mol. The van der Waals surface area contributed by atoms with E-state index in [9.17, 15) is 14.0 Å². The van der Waals surface area contributed by atoms with E-state index in [2.05, 4.69) is 21.2 Å². The van der Waals surface area contributed by atoms with E-state index >= 15 is 0 Å². The maximum Gasteiger partial charge on any atom is 0.397 e. The largest absolute Gasteiger partial charge is 0.453 e. The Balaban J connectivity index is 2.59. The normalized spacial score (nSPS) is 11.0. The first-order valence-corrected chi connectivity index (χ1v) is 6.43. The third-order valence-corrected chi connectivity index (χ3v) is 2.52. The van der Waals surface area contributed by atoms with Gasteiger partial charge in [-0.15, -0.1) is 0 Å². The zero-order chi connectivity index (χ0) is 14.6.